The van der Waals surface area contributed by atoms with Crippen molar-refractivity contribution < 1.29 is 80.2 Å². The molecule has 0 saturated heterocycles. The van der Waals surface area contributed by atoms with Crippen molar-refractivity contribution in [2.75, 3.05) is 39.6 Å². The highest BCUT2D eigenvalue weighted by Crippen LogP contribution is 2.45. The second-order valence-electron chi connectivity index (χ2n) is 29.3. The molecule has 0 spiro atoms. The maximum atomic E-state index is 13.1. The summed E-state index contributed by atoms with van der Waals surface area (Å²) in [5.41, 5.74) is 0. The number of hydrogen-bond acceptors (Lipinski definition) is 15. The Morgan fingerprint density at radius 1 is 0.299 bits per heavy atom. The Morgan fingerprint density at radius 2 is 0.526 bits per heavy atom. The summed E-state index contributed by atoms with van der Waals surface area (Å²) in [5.74, 6) is 0.231. The molecule has 0 rings (SSSR count). The fourth-order valence-corrected chi connectivity index (χ4v) is 13.5. The lowest BCUT2D eigenvalue weighted by molar-refractivity contribution is -0.161. The molecule has 6 atom stereocenters. The molecule has 0 amide bonds. The van der Waals surface area contributed by atoms with Crippen LogP contribution < -0.4 is 0 Å². The van der Waals surface area contributed by atoms with E-state index in [1.165, 1.54) is 212 Å². The first kappa shape index (κ1) is 95.1. The van der Waals surface area contributed by atoms with Gasteiger partial charge in [0.25, 0.3) is 0 Å². The predicted molar refractivity (Wildman–Crippen MR) is 395 cm³/mol. The number of ether oxygens (including phenoxy) is 4. The Balaban J connectivity index is 5.25. The number of aliphatic hydroxyl groups is 1. The molecule has 19 heteroatoms. The number of hydrogen-bond donors (Lipinski definition) is 3. The summed E-state index contributed by atoms with van der Waals surface area (Å²) < 4.78 is 68.6. The van der Waals surface area contributed by atoms with Gasteiger partial charge in [-0.3, -0.25) is 37.3 Å². The molecular formula is C78H152O17P2. The fourth-order valence-electron chi connectivity index (χ4n) is 11.9. The molecule has 0 aromatic carbocycles. The number of phosphoric ester groups is 2. The maximum absolute atomic E-state index is 13.1. The molecule has 0 aliphatic carbocycles. The van der Waals surface area contributed by atoms with Gasteiger partial charge in [-0.15, -0.1) is 0 Å². The van der Waals surface area contributed by atoms with Gasteiger partial charge in [-0.05, 0) is 43.4 Å². The molecule has 17 nitrogen and oxygen atoms in total. The third kappa shape index (κ3) is 70.9. The Hall–Kier alpha value is -1.94. The van der Waals surface area contributed by atoms with Crippen LogP contribution in [0.2, 0.25) is 0 Å². The van der Waals surface area contributed by atoms with Gasteiger partial charge in [-0.25, -0.2) is 9.13 Å². The van der Waals surface area contributed by atoms with Crippen LogP contribution in [0.25, 0.3) is 0 Å². The van der Waals surface area contributed by atoms with Crippen molar-refractivity contribution in [1.82, 2.24) is 0 Å². The molecule has 0 aliphatic heterocycles. The van der Waals surface area contributed by atoms with Crippen molar-refractivity contribution in [3.8, 4) is 0 Å². The van der Waals surface area contributed by atoms with Gasteiger partial charge < -0.3 is 33.8 Å². The molecule has 97 heavy (non-hydrogen) atoms. The Labute approximate surface area is 594 Å². The topological polar surface area (TPSA) is 237 Å². The minimum absolute atomic E-state index is 0.107. The number of unbranched alkanes of at least 4 members (excludes halogenated alkanes) is 43. The molecule has 0 aromatic rings. The van der Waals surface area contributed by atoms with Crippen LogP contribution in [0.4, 0.5) is 0 Å². The first-order valence-corrected chi connectivity index (χ1v) is 43.4. The molecule has 0 aromatic heterocycles. The number of carbonyl (C=O) groups is 4. The fraction of sp³-hybridized carbons (Fsp3) is 0.949. The summed E-state index contributed by atoms with van der Waals surface area (Å²) >= 11 is 0. The average molecular weight is 1420 g/mol. The number of esters is 4. The molecule has 0 bridgehead atoms. The lowest BCUT2D eigenvalue weighted by Crippen LogP contribution is -2.30. The monoisotopic (exact) mass is 1420 g/mol. The third-order valence-electron chi connectivity index (χ3n) is 18.5. The average Bonchev–Trinajstić information content (AvgIpc) is 1.15. The summed E-state index contributed by atoms with van der Waals surface area (Å²) in [6.07, 6.45) is 55.4. The summed E-state index contributed by atoms with van der Waals surface area (Å²) in [5, 5.41) is 10.6. The molecule has 0 fully saturated rings. The molecule has 0 aliphatic rings. The van der Waals surface area contributed by atoms with Crippen LogP contribution >= 0.6 is 15.6 Å². The Morgan fingerprint density at radius 3 is 0.784 bits per heavy atom. The molecule has 3 unspecified atom stereocenters. The van der Waals surface area contributed by atoms with Crippen LogP contribution in [0, 0.1) is 17.8 Å². The smallest absolute Gasteiger partial charge is 0.462 e. The maximum Gasteiger partial charge on any atom is 0.472 e. The summed E-state index contributed by atoms with van der Waals surface area (Å²) in [6.45, 7) is 11.9. The number of carbonyl (C=O) groups excluding carboxylic acids is 4. The quantitative estimate of drug-likeness (QED) is 0.0222. The van der Waals surface area contributed by atoms with Gasteiger partial charge in [-0.2, -0.15) is 0 Å². The molecule has 576 valence electrons. The summed E-state index contributed by atoms with van der Waals surface area (Å²) in [4.78, 5) is 72.9. The highest BCUT2D eigenvalue weighted by Gasteiger charge is 2.30. The van der Waals surface area contributed by atoms with Crippen molar-refractivity contribution in [3.05, 3.63) is 0 Å². The van der Waals surface area contributed by atoms with E-state index in [2.05, 4.69) is 48.5 Å². The molecule has 3 N–H and O–H groups in total. The second kappa shape index (κ2) is 68.5. The first-order chi connectivity index (χ1) is 46.8. The molecular weight excluding hydrogens is 1270 g/mol. The van der Waals surface area contributed by atoms with Gasteiger partial charge in [0.15, 0.2) is 12.2 Å². The van der Waals surface area contributed by atoms with Gasteiger partial charge in [0.1, 0.15) is 19.3 Å². The third-order valence-corrected chi connectivity index (χ3v) is 20.4. The standard InChI is InChI=1S/C78H152O17P2/c1-8-10-11-12-13-14-15-20-24-31-40-47-54-61-77(82)95-74(66-89-76(81)60-53-46-39-34-33-36-43-50-57-70(5)6)68-93-97(86,87)91-64-72(79)63-90-96(84,85)92-67-73(65-88-75(80)59-52-45-38-30-27-26-29-37-44-51-58-71(7)9-2)94-78(83)62-55-48-41-32-25-22-19-17-16-18-21-23-28-35-42-49-56-69(3)4/h69-74,79H,8-68H2,1-7H3,(H,84,85)(H,86,87)/t71?,72-,73-,74-/m1/s1. The molecule has 0 radical (unpaired) electrons. The first-order valence-electron chi connectivity index (χ1n) is 40.4. The summed E-state index contributed by atoms with van der Waals surface area (Å²) in [6, 6.07) is 0. The zero-order valence-electron chi connectivity index (χ0n) is 63.5. The normalized spacial score (nSPS) is 14.3. The van der Waals surface area contributed by atoms with Crippen LogP contribution in [0.3, 0.4) is 0 Å². The van der Waals surface area contributed by atoms with Crippen molar-refractivity contribution in [2.24, 2.45) is 17.8 Å². The number of phosphoric acid groups is 2. The molecule has 0 saturated carbocycles. The van der Waals surface area contributed by atoms with Crippen molar-refractivity contribution in [3.63, 3.8) is 0 Å². The zero-order chi connectivity index (χ0) is 71.6. The number of rotatable bonds is 76. The van der Waals surface area contributed by atoms with E-state index in [-0.39, 0.29) is 25.7 Å². The SMILES string of the molecule is CCCCCCCCCCCCCCCC(=O)O[C@H](COC(=O)CCCCCCCCCCC(C)C)COP(=O)(O)OC[C@H](O)COP(=O)(O)OC[C@@H](COC(=O)CCCCCCCCCCCCC(C)CC)OC(=O)CCCCCCCCCCCCCCCCCCC(C)C. The van der Waals surface area contributed by atoms with Crippen LogP contribution in [-0.2, 0) is 65.4 Å². The second-order valence-corrected chi connectivity index (χ2v) is 32.2. The minimum Gasteiger partial charge on any atom is -0.462 e. The number of aliphatic hydroxyl groups excluding tert-OH is 1. The minimum atomic E-state index is -4.96. The van der Waals surface area contributed by atoms with Crippen LogP contribution in [-0.4, -0.2) is 96.7 Å². The van der Waals surface area contributed by atoms with Gasteiger partial charge in [-0.1, -0.05) is 350 Å². The molecule has 0 heterocycles. The van der Waals surface area contributed by atoms with Gasteiger partial charge in [0.05, 0.1) is 26.4 Å². The zero-order valence-corrected chi connectivity index (χ0v) is 65.3. The van der Waals surface area contributed by atoms with E-state index in [0.29, 0.717) is 25.7 Å². The lowest BCUT2D eigenvalue weighted by Gasteiger charge is -2.21. The summed E-state index contributed by atoms with van der Waals surface area (Å²) in [7, 11) is -9.92. The van der Waals surface area contributed by atoms with Crippen molar-refractivity contribution in [2.45, 2.75) is 420 Å². The van der Waals surface area contributed by atoms with Crippen LogP contribution in [0.1, 0.15) is 402 Å². The largest absolute Gasteiger partial charge is 0.472 e. The van der Waals surface area contributed by atoms with Gasteiger partial charge in [0.2, 0.25) is 0 Å². The van der Waals surface area contributed by atoms with Crippen LogP contribution in [0.15, 0.2) is 0 Å². The van der Waals surface area contributed by atoms with E-state index in [4.69, 9.17) is 37.0 Å². The highest BCUT2D eigenvalue weighted by atomic mass is 31.2. The Bertz CT molecular complexity index is 1890. The predicted octanol–water partition coefficient (Wildman–Crippen LogP) is 23.0. The van der Waals surface area contributed by atoms with Gasteiger partial charge in [0, 0.05) is 25.7 Å². The van der Waals surface area contributed by atoms with E-state index >= 15 is 0 Å². The van der Waals surface area contributed by atoms with Gasteiger partial charge >= 0.3 is 39.5 Å². The van der Waals surface area contributed by atoms with E-state index in [1.54, 1.807) is 0 Å². The van der Waals surface area contributed by atoms with E-state index in [1.807, 2.05) is 0 Å². The van der Waals surface area contributed by atoms with Crippen molar-refractivity contribution in [1.29, 1.82) is 0 Å². The lowest BCUT2D eigenvalue weighted by atomic mass is 9.99. The van der Waals surface area contributed by atoms with E-state index < -0.39 is 97.5 Å². The van der Waals surface area contributed by atoms with Crippen LogP contribution in [0.5, 0.6) is 0 Å². The van der Waals surface area contributed by atoms with E-state index in [9.17, 15) is 43.2 Å². The Kier molecular flexibility index (Phi) is 67.1. The van der Waals surface area contributed by atoms with E-state index in [0.717, 1.165) is 108 Å². The highest BCUT2D eigenvalue weighted by molar-refractivity contribution is 7.47. The van der Waals surface area contributed by atoms with Crippen molar-refractivity contribution >= 4 is 39.5 Å².